The number of likely N-dealkylation sites (tertiary alicyclic amines) is 1. The summed E-state index contributed by atoms with van der Waals surface area (Å²) < 4.78 is 34.6. The number of fused-ring (bicyclic) bond motifs is 1. The first-order valence-corrected chi connectivity index (χ1v) is 12.1. The van der Waals surface area contributed by atoms with Crippen LogP contribution in [0.3, 0.4) is 0 Å². The maximum Gasteiger partial charge on any atom is 0.410 e. The summed E-state index contributed by atoms with van der Waals surface area (Å²) in [5.41, 5.74) is 3.93. The Morgan fingerprint density at radius 2 is 2.14 bits per heavy atom. The number of hydrogen-bond donors (Lipinski definition) is 1. The molecular formula is C26H33F2N5O2. The SMILES string of the molecule is C=C(NC=C(C)C(C)=N[C@H]1CCC[C@@H](OC(=O)N2CC[C@@H](F)C2)C1)c1cn(C)c2ncc(F)cc12. The molecular weight excluding hydrogens is 452 g/mol. The molecule has 1 N–H and O–H groups in total. The number of alkyl halides is 1. The van der Waals surface area contributed by atoms with Crippen LogP contribution in [0.4, 0.5) is 13.6 Å². The molecule has 0 aromatic carbocycles. The lowest BCUT2D eigenvalue weighted by Gasteiger charge is -2.28. The molecule has 9 heteroatoms. The van der Waals surface area contributed by atoms with E-state index in [1.165, 1.54) is 17.2 Å². The van der Waals surface area contributed by atoms with E-state index in [1.54, 1.807) is 0 Å². The van der Waals surface area contributed by atoms with E-state index in [0.717, 1.165) is 36.1 Å². The zero-order valence-corrected chi connectivity index (χ0v) is 20.6. The van der Waals surface area contributed by atoms with Gasteiger partial charge in [-0.25, -0.2) is 18.6 Å². The smallest absolute Gasteiger partial charge is 0.410 e. The van der Waals surface area contributed by atoms with Gasteiger partial charge in [0.1, 0.15) is 23.7 Å². The highest BCUT2D eigenvalue weighted by Gasteiger charge is 2.30. The molecule has 35 heavy (non-hydrogen) atoms. The summed E-state index contributed by atoms with van der Waals surface area (Å²) in [5.74, 6) is -0.393. The molecule has 1 amide bonds. The number of aryl methyl sites for hydroxylation is 1. The summed E-state index contributed by atoms with van der Waals surface area (Å²) in [7, 11) is 1.86. The molecule has 3 atom stereocenters. The zero-order valence-electron chi connectivity index (χ0n) is 20.6. The lowest BCUT2D eigenvalue weighted by Crippen LogP contribution is -2.35. The molecule has 1 saturated heterocycles. The molecule has 2 fully saturated rings. The van der Waals surface area contributed by atoms with Crippen LogP contribution in [-0.4, -0.2) is 57.7 Å². The molecule has 0 radical (unpaired) electrons. The van der Waals surface area contributed by atoms with Crippen molar-refractivity contribution in [2.45, 2.75) is 64.3 Å². The van der Waals surface area contributed by atoms with E-state index in [4.69, 9.17) is 9.73 Å². The number of aliphatic imine (C=N–C) groups is 1. The number of amides is 1. The van der Waals surface area contributed by atoms with Gasteiger partial charge >= 0.3 is 6.09 Å². The van der Waals surface area contributed by atoms with E-state index < -0.39 is 18.1 Å². The van der Waals surface area contributed by atoms with Crippen LogP contribution in [0.15, 0.2) is 41.8 Å². The van der Waals surface area contributed by atoms with Crippen molar-refractivity contribution in [2.75, 3.05) is 13.1 Å². The molecule has 2 aliphatic rings. The van der Waals surface area contributed by atoms with Gasteiger partial charge in [-0.15, -0.1) is 0 Å². The van der Waals surface area contributed by atoms with Crippen molar-refractivity contribution >= 4 is 28.5 Å². The number of carbonyl (C=O) groups is 1. The molecule has 2 aromatic heterocycles. The van der Waals surface area contributed by atoms with Crippen LogP contribution in [0, 0.1) is 5.82 Å². The van der Waals surface area contributed by atoms with Crippen LogP contribution >= 0.6 is 0 Å². The normalized spacial score (nSPS) is 23.6. The van der Waals surface area contributed by atoms with Crippen LogP contribution in [0.25, 0.3) is 16.7 Å². The Balaban J connectivity index is 1.35. The van der Waals surface area contributed by atoms with Crippen molar-refractivity contribution in [1.29, 1.82) is 0 Å². The van der Waals surface area contributed by atoms with Gasteiger partial charge in [0.2, 0.25) is 0 Å². The Morgan fingerprint density at radius 3 is 2.89 bits per heavy atom. The lowest BCUT2D eigenvalue weighted by molar-refractivity contribution is 0.0460. The molecule has 1 aliphatic carbocycles. The third-order valence-electron chi connectivity index (χ3n) is 6.77. The number of carbonyl (C=O) groups excluding carboxylic acids is 1. The van der Waals surface area contributed by atoms with E-state index in [2.05, 4.69) is 16.9 Å². The van der Waals surface area contributed by atoms with Crippen molar-refractivity contribution < 1.29 is 18.3 Å². The first kappa shape index (κ1) is 24.9. The van der Waals surface area contributed by atoms with E-state index in [9.17, 15) is 13.6 Å². The van der Waals surface area contributed by atoms with E-state index in [0.29, 0.717) is 36.1 Å². The Bertz CT molecular complexity index is 1170. The van der Waals surface area contributed by atoms with Crippen LogP contribution < -0.4 is 5.32 Å². The largest absolute Gasteiger partial charge is 0.446 e. The first-order chi connectivity index (χ1) is 16.7. The second kappa shape index (κ2) is 10.6. The zero-order chi connectivity index (χ0) is 25.1. The van der Waals surface area contributed by atoms with Gasteiger partial charge in [-0.05, 0) is 51.2 Å². The molecule has 188 valence electrons. The van der Waals surface area contributed by atoms with Crippen LogP contribution in [-0.2, 0) is 11.8 Å². The molecule has 0 spiro atoms. The third kappa shape index (κ3) is 5.89. The van der Waals surface area contributed by atoms with Gasteiger partial charge in [0.05, 0.1) is 18.8 Å². The van der Waals surface area contributed by atoms with Crippen LogP contribution in [0.1, 0.15) is 51.5 Å². The number of pyridine rings is 1. The molecule has 0 unspecified atom stereocenters. The van der Waals surface area contributed by atoms with Crippen molar-refractivity contribution in [3.63, 3.8) is 0 Å². The topological polar surface area (TPSA) is 71.8 Å². The maximum absolute atomic E-state index is 13.7. The predicted octanol–water partition coefficient (Wildman–Crippen LogP) is 5.13. The van der Waals surface area contributed by atoms with Crippen molar-refractivity contribution in [2.24, 2.45) is 12.0 Å². The fourth-order valence-corrected chi connectivity index (χ4v) is 4.67. The Labute approximate surface area is 204 Å². The van der Waals surface area contributed by atoms with E-state index >= 15 is 0 Å². The number of nitrogens with one attached hydrogen (secondary N) is 1. The van der Waals surface area contributed by atoms with Gasteiger partial charge in [-0.1, -0.05) is 6.58 Å². The van der Waals surface area contributed by atoms with Gasteiger partial charge in [-0.3, -0.25) is 4.99 Å². The average molecular weight is 486 g/mol. The highest BCUT2D eigenvalue weighted by molar-refractivity contribution is 5.98. The highest BCUT2D eigenvalue weighted by atomic mass is 19.1. The second-order valence-electron chi connectivity index (χ2n) is 9.50. The molecule has 7 nitrogen and oxygen atoms in total. The number of rotatable bonds is 6. The monoisotopic (exact) mass is 485 g/mol. The number of ether oxygens (including phenoxy) is 1. The first-order valence-electron chi connectivity index (χ1n) is 12.1. The molecule has 0 bridgehead atoms. The summed E-state index contributed by atoms with van der Waals surface area (Å²) in [6.45, 7) is 8.56. The minimum atomic E-state index is -0.952. The fraction of sp³-hybridized carbons (Fsp3) is 0.500. The Morgan fingerprint density at radius 1 is 1.34 bits per heavy atom. The molecule has 4 rings (SSSR count). The summed E-state index contributed by atoms with van der Waals surface area (Å²) in [4.78, 5) is 22.8. The number of allylic oxidation sites excluding steroid dienone is 1. The molecule has 1 aliphatic heterocycles. The van der Waals surface area contributed by atoms with Gasteiger partial charge < -0.3 is 19.5 Å². The summed E-state index contributed by atoms with van der Waals surface area (Å²) in [6.07, 6.45) is 7.06. The third-order valence-corrected chi connectivity index (χ3v) is 6.77. The molecule has 1 saturated carbocycles. The van der Waals surface area contributed by atoms with Crippen LogP contribution in [0.2, 0.25) is 0 Å². The lowest BCUT2D eigenvalue weighted by atomic mass is 9.93. The minimum absolute atomic E-state index is 0.0627. The maximum atomic E-state index is 13.7. The molecule has 3 heterocycles. The number of hydrogen-bond acceptors (Lipinski definition) is 5. The summed E-state index contributed by atoms with van der Waals surface area (Å²) in [5, 5.41) is 3.90. The Kier molecular flexibility index (Phi) is 7.52. The quantitative estimate of drug-likeness (QED) is 0.576. The Hall–Kier alpha value is -3.23. The van der Waals surface area contributed by atoms with Crippen molar-refractivity contribution in [1.82, 2.24) is 19.8 Å². The number of aromatic nitrogens is 2. The average Bonchev–Trinajstić information content (AvgIpc) is 3.40. The van der Waals surface area contributed by atoms with E-state index in [1.807, 2.05) is 37.9 Å². The van der Waals surface area contributed by atoms with Crippen molar-refractivity contribution in [3.05, 3.63) is 48.2 Å². The molecule has 2 aromatic rings. The summed E-state index contributed by atoms with van der Waals surface area (Å²) in [6, 6.07) is 1.52. The van der Waals surface area contributed by atoms with E-state index in [-0.39, 0.29) is 18.7 Å². The standard InChI is InChI=1S/C26H33F2N5O2/c1-16(12-29-18(3)24-15-32(4)25-23(24)10-20(28)13-30-25)17(2)31-21-6-5-7-22(11-21)35-26(34)33-9-8-19(27)14-33/h10,12-13,15,19,21-22,29H,3,5-9,11,14H2,1-2,4H3/t19-,21+,22-/m1/s1. The van der Waals surface area contributed by atoms with Crippen LogP contribution in [0.5, 0.6) is 0 Å². The van der Waals surface area contributed by atoms with Gasteiger partial charge in [-0.2, -0.15) is 0 Å². The number of halogens is 2. The van der Waals surface area contributed by atoms with Gasteiger partial charge in [0, 0.05) is 54.8 Å². The van der Waals surface area contributed by atoms with Crippen molar-refractivity contribution in [3.8, 4) is 0 Å². The predicted molar refractivity (Wildman–Crippen MR) is 133 cm³/mol. The fourth-order valence-electron chi connectivity index (χ4n) is 4.67. The van der Waals surface area contributed by atoms with Gasteiger partial charge in [0.15, 0.2) is 0 Å². The number of nitrogens with zero attached hydrogens (tertiary/aromatic N) is 4. The minimum Gasteiger partial charge on any atom is -0.446 e. The summed E-state index contributed by atoms with van der Waals surface area (Å²) >= 11 is 0. The highest BCUT2D eigenvalue weighted by Crippen LogP contribution is 2.26. The second-order valence-corrected chi connectivity index (χ2v) is 9.50. The van der Waals surface area contributed by atoms with Gasteiger partial charge in [0.25, 0.3) is 0 Å².